The van der Waals surface area contributed by atoms with E-state index in [0.29, 0.717) is 39.6 Å². The van der Waals surface area contributed by atoms with Gasteiger partial charge < -0.3 is 14.2 Å². The summed E-state index contributed by atoms with van der Waals surface area (Å²) in [4.78, 5) is 13.3. The summed E-state index contributed by atoms with van der Waals surface area (Å²) in [6, 6.07) is 14.7. The van der Waals surface area contributed by atoms with E-state index in [2.05, 4.69) is 20.6 Å². The number of ether oxygens (including phenoxy) is 3. The molecule has 0 aliphatic heterocycles. The smallest absolute Gasteiger partial charge is 0.267 e. The van der Waals surface area contributed by atoms with Crippen molar-refractivity contribution in [3.8, 4) is 28.6 Å². The number of carbonyl (C=O) groups is 1. The third-order valence-electron chi connectivity index (χ3n) is 4.55. The van der Waals surface area contributed by atoms with Gasteiger partial charge in [-0.1, -0.05) is 36.5 Å². The van der Waals surface area contributed by atoms with Gasteiger partial charge in [-0.2, -0.15) is 4.52 Å². The van der Waals surface area contributed by atoms with Crippen molar-refractivity contribution in [1.82, 2.24) is 19.8 Å². The Morgan fingerprint density at radius 3 is 2.58 bits per heavy atom. The molecule has 4 rings (SSSR count). The van der Waals surface area contributed by atoms with Gasteiger partial charge in [-0.05, 0) is 36.8 Å². The van der Waals surface area contributed by atoms with Crippen LogP contribution in [0.2, 0.25) is 0 Å². The fraction of sp³-hybridized carbons (Fsp3) is 0.238. The fourth-order valence-corrected chi connectivity index (χ4v) is 3.74. The molecule has 0 unspecified atom stereocenters. The number of amides is 1. The quantitative estimate of drug-likeness (QED) is 0.447. The molecule has 0 saturated carbocycles. The minimum absolute atomic E-state index is 0.274. The number of fused-ring (bicyclic) bond motifs is 1. The Bertz CT molecular complexity index is 1190. The van der Waals surface area contributed by atoms with E-state index in [1.54, 1.807) is 30.9 Å². The second-order valence-corrected chi connectivity index (χ2v) is 7.47. The molecule has 1 amide bonds. The van der Waals surface area contributed by atoms with Gasteiger partial charge in [-0.25, -0.2) is 0 Å². The standard InChI is InChI=1S/C21H21N5O4S/c1-4-15(30-14-8-6-5-7-9-14)19(27)22-20-25-26-18(23-24-21(26)31-20)13-10-11-16(28-2)17(12-13)29-3/h5-12,15H,4H2,1-3H3,(H,22,25,27)/t15-/m0/s1. The van der Waals surface area contributed by atoms with Crippen LogP contribution in [0, 0.1) is 0 Å². The Kier molecular flexibility index (Phi) is 5.99. The van der Waals surface area contributed by atoms with E-state index in [-0.39, 0.29) is 5.91 Å². The lowest BCUT2D eigenvalue weighted by Gasteiger charge is -2.16. The first kappa shape index (κ1) is 20.6. The Balaban J connectivity index is 1.55. The van der Waals surface area contributed by atoms with E-state index in [9.17, 15) is 4.79 Å². The lowest BCUT2D eigenvalue weighted by atomic mass is 10.2. The second kappa shape index (κ2) is 9.00. The van der Waals surface area contributed by atoms with Crippen LogP contribution in [0.5, 0.6) is 17.2 Å². The highest BCUT2D eigenvalue weighted by Gasteiger charge is 2.21. The van der Waals surface area contributed by atoms with Crippen LogP contribution in [0.4, 0.5) is 5.13 Å². The van der Waals surface area contributed by atoms with Gasteiger partial charge in [0.1, 0.15) is 5.75 Å². The van der Waals surface area contributed by atoms with Crippen LogP contribution in [-0.2, 0) is 4.79 Å². The number of para-hydroxylation sites is 1. The van der Waals surface area contributed by atoms with Crippen LogP contribution in [0.3, 0.4) is 0 Å². The maximum Gasteiger partial charge on any atom is 0.267 e. The average Bonchev–Trinajstić information content (AvgIpc) is 3.37. The first-order valence-corrected chi connectivity index (χ1v) is 10.4. The zero-order valence-corrected chi connectivity index (χ0v) is 18.0. The molecule has 1 atom stereocenters. The topological polar surface area (TPSA) is 99.9 Å². The number of carbonyl (C=O) groups excluding carboxylic acids is 1. The van der Waals surface area contributed by atoms with Gasteiger partial charge in [0.15, 0.2) is 23.4 Å². The van der Waals surface area contributed by atoms with Crippen molar-refractivity contribution in [3.05, 3.63) is 48.5 Å². The minimum Gasteiger partial charge on any atom is -0.493 e. The number of hydrogen-bond acceptors (Lipinski definition) is 8. The predicted octanol–water partition coefficient (Wildman–Crippen LogP) is 3.67. The number of anilines is 1. The van der Waals surface area contributed by atoms with Gasteiger partial charge in [0.05, 0.1) is 14.2 Å². The maximum atomic E-state index is 12.7. The van der Waals surface area contributed by atoms with Crippen molar-refractivity contribution in [2.45, 2.75) is 19.4 Å². The Hall–Kier alpha value is -3.66. The summed E-state index contributed by atoms with van der Waals surface area (Å²) in [5.41, 5.74) is 0.757. The Morgan fingerprint density at radius 2 is 1.87 bits per heavy atom. The van der Waals surface area contributed by atoms with Crippen molar-refractivity contribution in [3.63, 3.8) is 0 Å². The van der Waals surface area contributed by atoms with Gasteiger partial charge in [0, 0.05) is 5.56 Å². The molecule has 10 heteroatoms. The summed E-state index contributed by atoms with van der Waals surface area (Å²) >= 11 is 1.23. The molecule has 0 saturated heterocycles. The number of aromatic nitrogens is 4. The summed E-state index contributed by atoms with van der Waals surface area (Å²) in [5, 5.41) is 16.1. The SMILES string of the molecule is CC[C@H](Oc1ccccc1)C(=O)Nc1nn2c(-c3ccc(OC)c(OC)c3)nnc2s1. The number of benzene rings is 2. The molecule has 31 heavy (non-hydrogen) atoms. The summed E-state index contributed by atoms with van der Waals surface area (Å²) in [5.74, 6) is 2.08. The molecule has 0 radical (unpaired) electrons. The number of rotatable bonds is 8. The molecule has 0 spiro atoms. The molecule has 1 N–H and O–H groups in total. The van der Waals surface area contributed by atoms with Crippen LogP contribution in [0.25, 0.3) is 16.3 Å². The van der Waals surface area contributed by atoms with Crippen LogP contribution >= 0.6 is 11.3 Å². The van der Waals surface area contributed by atoms with E-state index >= 15 is 0 Å². The van der Waals surface area contributed by atoms with Crippen molar-refractivity contribution >= 4 is 27.3 Å². The second-order valence-electron chi connectivity index (χ2n) is 6.51. The van der Waals surface area contributed by atoms with Crippen molar-refractivity contribution in [2.24, 2.45) is 0 Å². The number of hydrogen-bond donors (Lipinski definition) is 1. The molecule has 160 valence electrons. The highest BCUT2D eigenvalue weighted by atomic mass is 32.1. The molecule has 0 aliphatic rings. The van der Waals surface area contributed by atoms with Gasteiger partial charge in [0.2, 0.25) is 10.1 Å². The fourth-order valence-electron chi connectivity index (χ4n) is 2.99. The van der Waals surface area contributed by atoms with E-state index < -0.39 is 6.10 Å². The first-order valence-electron chi connectivity index (χ1n) is 9.60. The molecule has 4 aromatic rings. The number of nitrogens with zero attached hydrogens (tertiary/aromatic N) is 4. The zero-order chi connectivity index (χ0) is 21.8. The van der Waals surface area contributed by atoms with Crippen LogP contribution in [-0.4, -0.2) is 46.0 Å². The van der Waals surface area contributed by atoms with Gasteiger partial charge in [-0.15, -0.1) is 15.3 Å². The third kappa shape index (κ3) is 4.29. The van der Waals surface area contributed by atoms with E-state index in [4.69, 9.17) is 14.2 Å². The maximum absolute atomic E-state index is 12.7. The molecule has 2 aromatic carbocycles. The first-order chi connectivity index (χ1) is 15.1. The van der Waals surface area contributed by atoms with Gasteiger partial charge >= 0.3 is 0 Å². The van der Waals surface area contributed by atoms with Crippen LogP contribution < -0.4 is 19.5 Å². The Morgan fingerprint density at radius 1 is 1.10 bits per heavy atom. The monoisotopic (exact) mass is 439 g/mol. The summed E-state index contributed by atoms with van der Waals surface area (Å²) in [6.45, 7) is 1.89. The van der Waals surface area contributed by atoms with E-state index in [1.165, 1.54) is 11.3 Å². The average molecular weight is 439 g/mol. The van der Waals surface area contributed by atoms with Gasteiger partial charge in [0.25, 0.3) is 5.91 Å². The molecule has 2 heterocycles. The lowest BCUT2D eigenvalue weighted by molar-refractivity contribution is -0.122. The minimum atomic E-state index is -0.637. The molecular weight excluding hydrogens is 418 g/mol. The van der Waals surface area contributed by atoms with Crippen molar-refractivity contribution < 1.29 is 19.0 Å². The van der Waals surface area contributed by atoms with Crippen LogP contribution in [0.1, 0.15) is 13.3 Å². The van der Waals surface area contributed by atoms with Crippen molar-refractivity contribution in [2.75, 3.05) is 19.5 Å². The molecule has 0 bridgehead atoms. The van der Waals surface area contributed by atoms with E-state index in [0.717, 1.165) is 5.56 Å². The molecule has 0 aliphatic carbocycles. The summed E-state index contributed by atoms with van der Waals surface area (Å²) in [7, 11) is 3.15. The lowest BCUT2D eigenvalue weighted by Crippen LogP contribution is -2.32. The Labute approximate surface area is 182 Å². The summed E-state index contributed by atoms with van der Waals surface area (Å²) in [6.07, 6.45) is -0.121. The molecule has 9 nitrogen and oxygen atoms in total. The normalized spacial score (nSPS) is 11.8. The highest BCUT2D eigenvalue weighted by Crippen LogP contribution is 2.32. The van der Waals surface area contributed by atoms with Crippen molar-refractivity contribution in [1.29, 1.82) is 0 Å². The molecular formula is C21H21N5O4S. The number of nitrogens with one attached hydrogen (secondary N) is 1. The number of methoxy groups -OCH3 is 2. The largest absolute Gasteiger partial charge is 0.493 e. The van der Waals surface area contributed by atoms with Gasteiger partial charge in [-0.3, -0.25) is 10.1 Å². The third-order valence-corrected chi connectivity index (χ3v) is 5.36. The highest BCUT2D eigenvalue weighted by molar-refractivity contribution is 7.20. The molecule has 2 aromatic heterocycles. The molecule has 0 fully saturated rings. The van der Waals surface area contributed by atoms with E-state index in [1.807, 2.05) is 43.3 Å². The van der Waals surface area contributed by atoms with Crippen LogP contribution in [0.15, 0.2) is 48.5 Å². The predicted molar refractivity (Wildman–Crippen MR) is 117 cm³/mol. The summed E-state index contributed by atoms with van der Waals surface area (Å²) < 4.78 is 18.0. The zero-order valence-electron chi connectivity index (χ0n) is 17.2.